The predicted molar refractivity (Wildman–Crippen MR) is 102 cm³/mol. The molecular formula is C21H29N3O2. The Balaban J connectivity index is 1.77. The van der Waals surface area contributed by atoms with Crippen molar-refractivity contribution in [3.8, 4) is 0 Å². The van der Waals surface area contributed by atoms with E-state index in [9.17, 15) is 4.79 Å². The number of benzene rings is 1. The molecule has 1 fully saturated rings. The molecule has 1 saturated heterocycles. The number of aryl methyl sites for hydroxylation is 1. The van der Waals surface area contributed by atoms with Crippen LogP contribution >= 0.6 is 0 Å². The summed E-state index contributed by atoms with van der Waals surface area (Å²) in [6, 6.07) is 10.6. The van der Waals surface area contributed by atoms with Gasteiger partial charge < -0.3 is 9.84 Å². The summed E-state index contributed by atoms with van der Waals surface area (Å²) in [4.78, 5) is 15.4. The van der Waals surface area contributed by atoms with Crippen molar-refractivity contribution in [3.05, 3.63) is 52.9 Å². The van der Waals surface area contributed by atoms with Crippen LogP contribution in [0.25, 0.3) is 0 Å². The minimum atomic E-state index is -0.238. The summed E-state index contributed by atoms with van der Waals surface area (Å²) in [5.41, 5.74) is 2.29. The van der Waals surface area contributed by atoms with Crippen LogP contribution in [0.5, 0.6) is 0 Å². The molecule has 1 aromatic carbocycles. The molecule has 1 unspecified atom stereocenters. The van der Waals surface area contributed by atoms with Gasteiger partial charge in [-0.15, -0.1) is 0 Å². The molecule has 1 atom stereocenters. The molecule has 0 bridgehead atoms. The first kappa shape index (κ1) is 18.6. The zero-order chi connectivity index (χ0) is 18.7. The lowest BCUT2D eigenvalue weighted by atomic mass is 9.88. The van der Waals surface area contributed by atoms with Crippen LogP contribution in [0.2, 0.25) is 0 Å². The Hall–Kier alpha value is -2.14. The van der Waals surface area contributed by atoms with Crippen molar-refractivity contribution in [1.29, 1.82) is 0 Å². The second-order valence-electron chi connectivity index (χ2n) is 8.09. The molecule has 1 aliphatic rings. The molecule has 1 aromatic heterocycles. The number of hydrogen-bond donors (Lipinski definition) is 1. The van der Waals surface area contributed by atoms with Crippen LogP contribution in [0.4, 0.5) is 0 Å². The number of aromatic nitrogens is 1. The predicted octanol–water partition coefficient (Wildman–Crippen LogP) is 3.85. The molecule has 5 heteroatoms. The largest absolute Gasteiger partial charge is 0.361 e. The van der Waals surface area contributed by atoms with E-state index in [0.29, 0.717) is 23.6 Å². The maximum atomic E-state index is 12.9. The van der Waals surface area contributed by atoms with Crippen molar-refractivity contribution in [3.63, 3.8) is 0 Å². The van der Waals surface area contributed by atoms with E-state index in [1.165, 1.54) is 18.4 Å². The van der Waals surface area contributed by atoms with Gasteiger partial charge in [0.05, 0.1) is 6.04 Å². The Kier molecular flexibility index (Phi) is 5.47. The number of carbonyl (C=O) groups excluding carboxylic acids is 1. The van der Waals surface area contributed by atoms with E-state index < -0.39 is 0 Å². The van der Waals surface area contributed by atoms with Gasteiger partial charge in [-0.3, -0.25) is 9.69 Å². The SMILES string of the molecule is Cc1onc(C(C)(C)C)c1C(=O)NCC(c1ccccc1)N1CCCC1. The standard InChI is InChI=1S/C21H29N3O2/c1-15-18(19(23-26-15)21(2,3)4)20(25)22-14-17(24-12-8-9-13-24)16-10-6-5-7-11-16/h5-7,10-11,17H,8-9,12-14H2,1-4H3,(H,22,25). The average Bonchev–Trinajstić information content (AvgIpc) is 3.25. The van der Waals surface area contributed by atoms with Crippen LogP contribution in [0.15, 0.2) is 34.9 Å². The van der Waals surface area contributed by atoms with Crippen LogP contribution in [0.1, 0.15) is 67.0 Å². The Morgan fingerprint density at radius 1 is 1.23 bits per heavy atom. The quantitative estimate of drug-likeness (QED) is 0.885. The molecule has 26 heavy (non-hydrogen) atoms. The summed E-state index contributed by atoms with van der Waals surface area (Å²) in [6.07, 6.45) is 2.44. The summed E-state index contributed by atoms with van der Waals surface area (Å²) >= 11 is 0. The molecule has 0 aliphatic carbocycles. The minimum Gasteiger partial charge on any atom is -0.361 e. The Morgan fingerprint density at radius 3 is 2.50 bits per heavy atom. The molecule has 5 nitrogen and oxygen atoms in total. The van der Waals surface area contributed by atoms with E-state index in [-0.39, 0.29) is 17.4 Å². The number of hydrogen-bond acceptors (Lipinski definition) is 4. The Labute approximate surface area is 155 Å². The Bertz CT molecular complexity index is 740. The van der Waals surface area contributed by atoms with E-state index in [0.717, 1.165) is 13.1 Å². The molecule has 0 spiro atoms. The first-order valence-corrected chi connectivity index (χ1v) is 9.42. The van der Waals surface area contributed by atoms with Gasteiger partial charge in [-0.2, -0.15) is 0 Å². The van der Waals surface area contributed by atoms with Crippen molar-refractivity contribution >= 4 is 5.91 Å². The fraction of sp³-hybridized carbons (Fsp3) is 0.524. The zero-order valence-electron chi connectivity index (χ0n) is 16.2. The first-order valence-electron chi connectivity index (χ1n) is 9.42. The lowest BCUT2D eigenvalue weighted by Crippen LogP contribution is -2.37. The summed E-state index contributed by atoms with van der Waals surface area (Å²) in [5, 5.41) is 7.26. The third-order valence-corrected chi connectivity index (χ3v) is 5.02. The van der Waals surface area contributed by atoms with Crippen LogP contribution in [-0.4, -0.2) is 35.6 Å². The molecule has 1 amide bonds. The van der Waals surface area contributed by atoms with Gasteiger partial charge in [0.15, 0.2) is 0 Å². The number of amides is 1. The van der Waals surface area contributed by atoms with Gasteiger partial charge in [-0.05, 0) is 38.4 Å². The number of likely N-dealkylation sites (tertiary alicyclic amines) is 1. The van der Waals surface area contributed by atoms with E-state index in [1.807, 2.05) is 26.8 Å². The third-order valence-electron chi connectivity index (χ3n) is 5.02. The third kappa shape index (κ3) is 3.98. The lowest BCUT2D eigenvalue weighted by molar-refractivity contribution is 0.0934. The highest BCUT2D eigenvalue weighted by molar-refractivity contribution is 5.96. The molecule has 140 valence electrons. The maximum Gasteiger partial charge on any atom is 0.256 e. The second kappa shape index (κ2) is 7.62. The van der Waals surface area contributed by atoms with E-state index >= 15 is 0 Å². The fourth-order valence-corrected chi connectivity index (χ4v) is 3.62. The highest BCUT2D eigenvalue weighted by Gasteiger charge is 2.30. The zero-order valence-corrected chi connectivity index (χ0v) is 16.2. The number of nitrogens with zero attached hydrogens (tertiary/aromatic N) is 2. The van der Waals surface area contributed by atoms with E-state index in [4.69, 9.17) is 4.52 Å². The molecular weight excluding hydrogens is 326 g/mol. The molecule has 0 radical (unpaired) electrons. The van der Waals surface area contributed by atoms with Gasteiger partial charge in [-0.25, -0.2) is 0 Å². The summed E-state index contributed by atoms with van der Waals surface area (Å²) in [7, 11) is 0. The number of nitrogens with one attached hydrogen (secondary N) is 1. The normalized spacial score (nSPS) is 16.6. The van der Waals surface area contributed by atoms with E-state index in [1.54, 1.807) is 6.92 Å². The first-order chi connectivity index (χ1) is 12.4. The Morgan fingerprint density at radius 2 is 1.88 bits per heavy atom. The van der Waals surface area contributed by atoms with Crippen LogP contribution < -0.4 is 5.32 Å². The molecule has 0 saturated carbocycles. The van der Waals surface area contributed by atoms with Crippen molar-refractivity contribution in [2.45, 2.75) is 52.0 Å². The van der Waals surface area contributed by atoms with Crippen molar-refractivity contribution in [2.24, 2.45) is 0 Å². The van der Waals surface area contributed by atoms with Gasteiger partial charge in [0.25, 0.3) is 5.91 Å². The van der Waals surface area contributed by atoms with Gasteiger partial charge in [0.1, 0.15) is 17.0 Å². The summed E-state index contributed by atoms with van der Waals surface area (Å²) in [5.74, 6) is 0.471. The van der Waals surface area contributed by atoms with Crippen LogP contribution in [0.3, 0.4) is 0 Å². The molecule has 2 heterocycles. The van der Waals surface area contributed by atoms with Gasteiger partial charge >= 0.3 is 0 Å². The monoisotopic (exact) mass is 355 g/mol. The van der Waals surface area contributed by atoms with Crippen molar-refractivity contribution in [1.82, 2.24) is 15.4 Å². The van der Waals surface area contributed by atoms with Crippen molar-refractivity contribution < 1.29 is 9.32 Å². The van der Waals surface area contributed by atoms with E-state index in [2.05, 4.69) is 39.6 Å². The maximum absolute atomic E-state index is 12.9. The summed E-state index contributed by atoms with van der Waals surface area (Å²) < 4.78 is 5.31. The molecule has 1 aliphatic heterocycles. The lowest BCUT2D eigenvalue weighted by Gasteiger charge is -2.28. The molecule has 1 N–H and O–H groups in total. The molecule has 2 aromatic rings. The van der Waals surface area contributed by atoms with Crippen LogP contribution in [-0.2, 0) is 5.41 Å². The highest BCUT2D eigenvalue weighted by Crippen LogP contribution is 2.28. The van der Waals surface area contributed by atoms with Gasteiger partial charge in [-0.1, -0.05) is 56.3 Å². The summed E-state index contributed by atoms with van der Waals surface area (Å²) in [6.45, 7) is 10.7. The van der Waals surface area contributed by atoms with Crippen LogP contribution in [0, 0.1) is 6.92 Å². The topological polar surface area (TPSA) is 58.4 Å². The highest BCUT2D eigenvalue weighted by atomic mass is 16.5. The number of carbonyl (C=O) groups is 1. The van der Waals surface area contributed by atoms with Crippen molar-refractivity contribution in [2.75, 3.05) is 19.6 Å². The van der Waals surface area contributed by atoms with Gasteiger partial charge in [0.2, 0.25) is 0 Å². The smallest absolute Gasteiger partial charge is 0.256 e. The fourth-order valence-electron chi connectivity index (χ4n) is 3.62. The second-order valence-corrected chi connectivity index (χ2v) is 8.09. The minimum absolute atomic E-state index is 0.103. The van der Waals surface area contributed by atoms with Gasteiger partial charge in [0, 0.05) is 12.0 Å². The molecule has 3 rings (SSSR count). The average molecular weight is 355 g/mol. The number of rotatable bonds is 5.